The molecule has 3 amide bonds. The Kier molecular flexibility index (Phi) is 5.02. The average molecular weight is 351 g/mol. The Hall–Kier alpha value is -3.15. The third-order valence-corrected chi connectivity index (χ3v) is 4.36. The standard InChI is InChI=1S/C20H21N3O3/c1-14(24)22-16-8-5-9-17(12-16)23-19(26)20(10-11-20)18(25)21-13-15-6-3-2-4-7-15/h2-9,12H,10-11,13H2,1H3,(H,21,25)(H,22,24)(H,23,26). The van der Waals surface area contributed by atoms with Crippen LogP contribution in [0.5, 0.6) is 0 Å². The smallest absolute Gasteiger partial charge is 0.240 e. The van der Waals surface area contributed by atoms with Gasteiger partial charge >= 0.3 is 0 Å². The van der Waals surface area contributed by atoms with Gasteiger partial charge in [0.05, 0.1) is 0 Å². The zero-order chi connectivity index (χ0) is 18.6. The molecule has 0 heterocycles. The van der Waals surface area contributed by atoms with Crippen molar-refractivity contribution in [2.75, 3.05) is 10.6 Å². The van der Waals surface area contributed by atoms with Gasteiger partial charge in [-0.1, -0.05) is 36.4 Å². The number of hydrogen-bond donors (Lipinski definition) is 3. The summed E-state index contributed by atoms with van der Waals surface area (Å²) in [5.41, 5.74) is 1.12. The van der Waals surface area contributed by atoms with Gasteiger partial charge in [0, 0.05) is 24.8 Å². The zero-order valence-corrected chi connectivity index (χ0v) is 14.5. The van der Waals surface area contributed by atoms with Gasteiger partial charge in [0.2, 0.25) is 17.7 Å². The maximum absolute atomic E-state index is 12.6. The van der Waals surface area contributed by atoms with E-state index in [1.807, 2.05) is 30.3 Å². The predicted molar refractivity (Wildman–Crippen MR) is 99.3 cm³/mol. The highest BCUT2D eigenvalue weighted by atomic mass is 16.2. The van der Waals surface area contributed by atoms with Crippen molar-refractivity contribution in [3.05, 3.63) is 60.2 Å². The number of anilines is 2. The van der Waals surface area contributed by atoms with Crippen molar-refractivity contribution in [3.63, 3.8) is 0 Å². The Morgan fingerprint density at radius 3 is 2.15 bits per heavy atom. The van der Waals surface area contributed by atoms with Crippen molar-refractivity contribution in [1.82, 2.24) is 5.32 Å². The number of carbonyl (C=O) groups is 3. The van der Waals surface area contributed by atoms with Gasteiger partial charge in [0.15, 0.2) is 0 Å². The maximum atomic E-state index is 12.6. The third-order valence-electron chi connectivity index (χ3n) is 4.36. The molecule has 6 nitrogen and oxygen atoms in total. The van der Waals surface area contributed by atoms with E-state index in [1.54, 1.807) is 24.3 Å². The van der Waals surface area contributed by atoms with E-state index in [9.17, 15) is 14.4 Å². The summed E-state index contributed by atoms with van der Waals surface area (Å²) in [7, 11) is 0. The molecule has 6 heteroatoms. The lowest BCUT2D eigenvalue weighted by atomic mass is 10.0. The Morgan fingerprint density at radius 2 is 1.54 bits per heavy atom. The van der Waals surface area contributed by atoms with Crippen LogP contribution in [0.15, 0.2) is 54.6 Å². The second kappa shape index (κ2) is 7.39. The highest BCUT2D eigenvalue weighted by Gasteiger charge is 2.56. The topological polar surface area (TPSA) is 87.3 Å². The van der Waals surface area contributed by atoms with Crippen molar-refractivity contribution in [1.29, 1.82) is 0 Å². The highest BCUT2D eigenvalue weighted by molar-refractivity contribution is 6.13. The lowest BCUT2D eigenvalue weighted by Gasteiger charge is -2.16. The van der Waals surface area contributed by atoms with Crippen molar-refractivity contribution in [3.8, 4) is 0 Å². The quantitative estimate of drug-likeness (QED) is 0.699. The number of hydrogen-bond acceptors (Lipinski definition) is 3. The summed E-state index contributed by atoms with van der Waals surface area (Å²) in [6.07, 6.45) is 1.07. The van der Waals surface area contributed by atoms with Crippen LogP contribution in [0, 0.1) is 5.41 Å². The largest absolute Gasteiger partial charge is 0.351 e. The van der Waals surface area contributed by atoms with Crippen molar-refractivity contribution in [2.24, 2.45) is 5.41 Å². The lowest BCUT2D eigenvalue weighted by molar-refractivity contribution is -0.134. The first-order chi connectivity index (χ1) is 12.5. The Labute approximate surface area is 152 Å². The molecule has 2 aromatic carbocycles. The van der Waals surface area contributed by atoms with Crippen molar-refractivity contribution >= 4 is 29.1 Å². The summed E-state index contributed by atoms with van der Waals surface area (Å²) in [6.45, 7) is 1.81. The van der Waals surface area contributed by atoms with Gasteiger partial charge < -0.3 is 16.0 Å². The Balaban J connectivity index is 1.61. The van der Waals surface area contributed by atoms with Crippen LogP contribution in [0.2, 0.25) is 0 Å². The third kappa shape index (κ3) is 4.08. The SMILES string of the molecule is CC(=O)Nc1cccc(NC(=O)C2(C(=O)NCc3ccccc3)CC2)c1. The van der Waals surface area contributed by atoms with Crippen LogP contribution in [0.3, 0.4) is 0 Å². The molecule has 0 unspecified atom stereocenters. The minimum absolute atomic E-state index is 0.188. The molecule has 0 bridgehead atoms. The summed E-state index contributed by atoms with van der Waals surface area (Å²) < 4.78 is 0. The summed E-state index contributed by atoms with van der Waals surface area (Å²) in [5.74, 6) is -0.757. The van der Waals surface area contributed by atoms with Gasteiger partial charge in [-0.3, -0.25) is 14.4 Å². The molecule has 26 heavy (non-hydrogen) atoms. The molecule has 3 N–H and O–H groups in total. The second-order valence-electron chi connectivity index (χ2n) is 6.47. The van der Waals surface area contributed by atoms with E-state index in [0.29, 0.717) is 30.8 Å². The predicted octanol–water partition coefficient (Wildman–Crippen LogP) is 2.68. The first kappa shape index (κ1) is 17.7. The van der Waals surface area contributed by atoms with Gasteiger partial charge in [-0.15, -0.1) is 0 Å². The molecule has 1 aliphatic carbocycles. The molecule has 0 aromatic heterocycles. The van der Waals surface area contributed by atoms with Crippen LogP contribution < -0.4 is 16.0 Å². The fraction of sp³-hybridized carbons (Fsp3) is 0.250. The molecule has 134 valence electrons. The monoisotopic (exact) mass is 351 g/mol. The summed E-state index contributed by atoms with van der Waals surface area (Å²) in [5, 5.41) is 8.30. The minimum Gasteiger partial charge on any atom is -0.351 e. The van der Waals surface area contributed by atoms with E-state index < -0.39 is 5.41 Å². The molecule has 2 aromatic rings. The van der Waals surface area contributed by atoms with E-state index in [0.717, 1.165) is 5.56 Å². The fourth-order valence-corrected chi connectivity index (χ4v) is 2.76. The average Bonchev–Trinajstić information content (AvgIpc) is 3.42. The number of rotatable bonds is 6. The summed E-state index contributed by atoms with van der Waals surface area (Å²) >= 11 is 0. The molecule has 1 saturated carbocycles. The van der Waals surface area contributed by atoms with Gasteiger partial charge in [-0.05, 0) is 36.6 Å². The van der Waals surface area contributed by atoms with Crippen LogP contribution in [0.4, 0.5) is 11.4 Å². The maximum Gasteiger partial charge on any atom is 0.240 e. The molecule has 1 aliphatic rings. The lowest BCUT2D eigenvalue weighted by Crippen LogP contribution is -2.39. The Bertz CT molecular complexity index is 829. The first-order valence-electron chi connectivity index (χ1n) is 8.51. The number of nitrogens with one attached hydrogen (secondary N) is 3. The molecule has 0 radical (unpaired) electrons. The van der Waals surface area contributed by atoms with E-state index in [4.69, 9.17) is 0 Å². The minimum atomic E-state index is -1.00. The van der Waals surface area contributed by atoms with E-state index in [2.05, 4.69) is 16.0 Å². The fourth-order valence-electron chi connectivity index (χ4n) is 2.76. The van der Waals surface area contributed by atoms with E-state index >= 15 is 0 Å². The molecule has 3 rings (SSSR count). The second-order valence-corrected chi connectivity index (χ2v) is 6.47. The molecule has 0 saturated heterocycles. The van der Waals surface area contributed by atoms with Crippen LogP contribution in [-0.2, 0) is 20.9 Å². The number of benzene rings is 2. The first-order valence-corrected chi connectivity index (χ1v) is 8.51. The summed E-state index contributed by atoms with van der Waals surface area (Å²) in [6, 6.07) is 16.4. The van der Waals surface area contributed by atoms with Crippen LogP contribution in [-0.4, -0.2) is 17.7 Å². The van der Waals surface area contributed by atoms with Gasteiger partial charge in [0.25, 0.3) is 0 Å². The van der Waals surface area contributed by atoms with Crippen molar-refractivity contribution in [2.45, 2.75) is 26.3 Å². The number of amides is 3. The molecular formula is C20H21N3O3. The van der Waals surface area contributed by atoms with Gasteiger partial charge in [0.1, 0.15) is 5.41 Å². The van der Waals surface area contributed by atoms with E-state index in [1.165, 1.54) is 6.92 Å². The van der Waals surface area contributed by atoms with Crippen LogP contribution in [0.25, 0.3) is 0 Å². The molecular weight excluding hydrogens is 330 g/mol. The van der Waals surface area contributed by atoms with E-state index in [-0.39, 0.29) is 17.7 Å². The van der Waals surface area contributed by atoms with Gasteiger partial charge in [-0.2, -0.15) is 0 Å². The molecule has 0 atom stereocenters. The van der Waals surface area contributed by atoms with Crippen molar-refractivity contribution < 1.29 is 14.4 Å². The normalized spacial score (nSPS) is 14.2. The molecule has 0 spiro atoms. The van der Waals surface area contributed by atoms with Crippen LogP contribution in [0.1, 0.15) is 25.3 Å². The molecule has 0 aliphatic heterocycles. The highest BCUT2D eigenvalue weighted by Crippen LogP contribution is 2.47. The zero-order valence-electron chi connectivity index (χ0n) is 14.5. The van der Waals surface area contributed by atoms with Crippen LogP contribution >= 0.6 is 0 Å². The summed E-state index contributed by atoms with van der Waals surface area (Å²) in [4.78, 5) is 36.3. The number of carbonyl (C=O) groups excluding carboxylic acids is 3. The Morgan fingerprint density at radius 1 is 0.885 bits per heavy atom. The molecule has 1 fully saturated rings. The van der Waals surface area contributed by atoms with Gasteiger partial charge in [-0.25, -0.2) is 0 Å².